The summed E-state index contributed by atoms with van der Waals surface area (Å²) in [6, 6.07) is 12.3. The summed E-state index contributed by atoms with van der Waals surface area (Å²) < 4.78 is 0. The summed E-state index contributed by atoms with van der Waals surface area (Å²) in [7, 11) is 0. The standard InChI is InChI=1S/C16H25NS/c1-13-7-6-8-14(2)17(13)11-16(12-18)15-9-4-3-5-10-15/h3-5,9-10,13-14,16,18H,6-8,11-12H2,1-2H3. The Morgan fingerprint density at radius 1 is 1.17 bits per heavy atom. The second kappa shape index (κ2) is 6.63. The van der Waals surface area contributed by atoms with E-state index < -0.39 is 0 Å². The van der Waals surface area contributed by atoms with E-state index in [1.807, 2.05) is 0 Å². The summed E-state index contributed by atoms with van der Waals surface area (Å²) in [6.07, 6.45) is 4.08. The van der Waals surface area contributed by atoms with Crippen LogP contribution in [0.2, 0.25) is 0 Å². The fourth-order valence-corrected chi connectivity index (χ4v) is 3.41. The van der Waals surface area contributed by atoms with Crippen LogP contribution in [0, 0.1) is 0 Å². The van der Waals surface area contributed by atoms with E-state index in [0.717, 1.165) is 24.4 Å². The van der Waals surface area contributed by atoms with Gasteiger partial charge in [-0.3, -0.25) is 4.90 Å². The Labute approximate surface area is 117 Å². The van der Waals surface area contributed by atoms with Gasteiger partial charge in [0.05, 0.1) is 0 Å². The fraction of sp³-hybridized carbons (Fsp3) is 0.625. The van der Waals surface area contributed by atoms with Crippen LogP contribution in [-0.2, 0) is 0 Å². The number of thiol groups is 1. The Morgan fingerprint density at radius 3 is 2.33 bits per heavy atom. The first-order valence-corrected chi connectivity index (χ1v) is 7.77. The minimum atomic E-state index is 0.553. The van der Waals surface area contributed by atoms with Gasteiger partial charge >= 0.3 is 0 Å². The molecule has 1 nitrogen and oxygen atoms in total. The Hall–Kier alpha value is -0.470. The summed E-state index contributed by atoms with van der Waals surface area (Å²) in [5.41, 5.74) is 1.43. The number of hydrogen-bond donors (Lipinski definition) is 1. The normalized spacial score (nSPS) is 27.1. The monoisotopic (exact) mass is 263 g/mol. The number of piperidine rings is 1. The quantitative estimate of drug-likeness (QED) is 0.805. The zero-order valence-corrected chi connectivity index (χ0v) is 12.4. The topological polar surface area (TPSA) is 3.24 Å². The van der Waals surface area contributed by atoms with Crippen LogP contribution in [0.25, 0.3) is 0 Å². The molecule has 3 atom stereocenters. The first-order valence-electron chi connectivity index (χ1n) is 7.14. The molecule has 0 saturated carbocycles. The minimum Gasteiger partial charge on any atom is -0.297 e. The number of hydrogen-bond acceptors (Lipinski definition) is 2. The molecular weight excluding hydrogens is 238 g/mol. The molecule has 0 amide bonds. The molecule has 1 aromatic carbocycles. The van der Waals surface area contributed by atoms with Crippen LogP contribution in [0.5, 0.6) is 0 Å². The number of benzene rings is 1. The smallest absolute Gasteiger partial charge is 0.00700 e. The van der Waals surface area contributed by atoms with E-state index in [-0.39, 0.29) is 0 Å². The number of nitrogens with zero attached hydrogens (tertiary/aromatic N) is 1. The van der Waals surface area contributed by atoms with Gasteiger partial charge in [-0.1, -0.05) is 36.8 Å². The van der Waals surface area contributed by atoms with Crippen molar-refractivity contribution in [2.24, 2.45) is 0 Å². The van der Waals surface area contributed by atoms with Gasteiger partial charge < -0.3 is 0 Å². The molecule has 18 heavy (non-hydrogen) atoms. The fourth-order valence-electron chi connectivity index (χ4n) is 3.08. The summed E-state index contributed by atoms with van der Waals surface area (Å²) in [6.45, 7) is 5.89. The van der Waals surface area contributed by atoms with Crippen molar-refractivity contribution in [3.05, 3.63) is 35.9 Å². The highest BCUT2D eigenvalue weighted by Crippen LogP contribution is 2.27. The van der Waals surface area contributed by atoms with Crippen molar-refractivity contribution in [3.8, 4) is 0 Å². The van der Waals surface area contributed by atoms with E-state index in [9.17, 15) is 0 Å². The van der Waals surface area contributed by atoms with E-state index in [0.29, 0.717) is 5.92 Å². The predicted molar refractivity (Wildman–Crippen MR) is 82.5 cm³/mol. The van der Waals surface area contributed by atoms with Crippen LogP contribution in [0.15, 0.2) is 30.3 Å². The molecule has 1 saturated heterocycles. The maximum Gasteiger partial charge on any atom is 0.00700 e. The molecule has 2 rings (SSSR count). The van der Waals surface area contributed by atoms with Crippen molar-refractivity contribution < 1.29 is 0 Å². The molecule has 0 bridgehead atoms. The highest BCUT2D eigenvalue weighted by molar-refractivity contribution is 7.80. The third kappa shape index (κ3) is 3.30. The van der Waals surface area contributed by atoms with Gasteiger partial charge in [0.2, 0.25) is 0 Å². The third-order valence-corrected chi connectivity index (χ3v) is 4.74. The molecule has 100 valence electrons. The second-order valence-electron chi connectivity index (χ2n) is 5.62. The van der Waals surface area contributed by atoms with Crippen molar-refractivity contribution in [2.45, 2.75) is 51.1 Å². The largest absolute Gasteiger partial charge is 0.297 e. The van der Waals surface area contributed by atoms with Gasteiger partial charge in [-0.25, -0.2) is 0 Å². The van der Waals surface area contributed by atoms with Gasteiger partial charge in [-0.15, -0.1) is 0 Å². The maximum atomic E-state index is 4.56. The molecule has 0 spiro atoms. The Balaban J connectivity index is 2.05. The zero-order chi connectivity index (χ0) is 13.0. The first kappa shape index (κ1) is 14.0. The molecule has 0 aliphatic carbocycles. The number of likely N-dealkylation sites (tertiary alicyclic amines) is 1. The summed E-state index contributed by atoms with van der Waals surface area (Å²) in [4.78, 5) is 2.68. The van der Waals surface area contributed by atoms with E-state index in [4.69, 9.17) is 0 Å². The average molecular weight is 263 g/mol. The van der Waals surface area contributed by atoms with Crippen molar-refractivity contribution in [2.75, 3.05) is 12.3 Å². The van der Waals surface area contributed by atoms with E-state index in [2.05, 4.69) is 61.7 Å². The first-order chi connectivity index (χ1) is 8.72. The molecule has 0 aromatic heterocycles. The van der Waals surface area contributed by atoms with Crippen molar-refractivity contribution >= 4 is 12.6 Å². The molecule has 1 aliphatic rings. The van der Waals surface area contributed by atoms with Gasteiger partial charge in [0, 0.05) is 24.5 Å². The lowest BCUT2D eigenvalue weighted by atomic mass is 9.93. The zero-order valence-electron chi connectivity index (χ0n) is 11.5. The molecule has 0 N–H and O–H groups in total. The summed E-state index contributed by atoms with van der Waals surface area (Å²) in [5, 5.41) is 0. The van der Waals surface area contributed by atoms with Crippen molar-refractivity contribution in [3.63, 3.8) is 0 Å². The molecule has 1 fully saturated rings. The lowest BCUT2D eigenvalue weighted by Gasteiger charge is -2.41. The predicted octanol–water partition coefficient (Wildman–Crippen LogP) is 3.96. The lowest BCUT2D eigenvalue weighted by Crippen LogP contribution is -2.45. The molecule has 1 aliphatic heterocycles. The van der Waals surface area contributed by atoms with Gasteiger partial charge in [0.25, 0.3) is 0 Å². The molecule has 1 heterocycles. The van der Waals surface area contributed by atoms with Gasteiger partial charge in [-0.05, 0) is 38.0 Å². The van der Waals surface area contributed by atoms with Crippen molar-refractivity contribution in [1.82, 2.24) is 4.90 Å². The van der Waals surface area contributed by atoms with E-state index in [1.54, 1.807) is 0 Å². The highest BCUT2D eigenvalue weighted by atomic mass is 32.1. The van der Waals surface area contributed by atoms with Gasteiger partial charge in [0.15, 0.2) is 0 Å². The van der Waals surface area contributed by atoms with Gasteiger partial charge in [-0.2, -0.15) is 12.6 Å². The van der Waals surface area contributed by atoms with Crippen LogP contribution < -0.4 is 0 Å². The average Bonchev–Trinajstić information content (AvgIpc) is 2.40. The van der Waals surface area contributed by atoms with E-state index >= 15 is 0 Å². The molecule has 1 aromatic rings. The Kier molecular flexibility index (Phi) is 5.13. The molecular formula is C16H25NS. The van der Waals surface area contributed by atoms with Crippen LogP contribution in [0.4, 0.5) is 0 Å². The third-order valence-electron chi connectivity index (χ3n) is 4.30. The minimum absolute atomic E-state index is 0.553. The molecule has 3 unspecified atom stereocenters. The number of rotatable bonds is 4. The van der Waals surface area contributed by atoms with Crippen LogP contribution >= 0.6 is 12.6 Å². The van der Waals surface area contributed by atoms with Crippen LogP contribution in [0.3, 0.4) is 0 Å². The lowest BCUT2D eigenvalue weighted by molar-refractivity contribution is 0.0980. The molecule has 2 heteroatoms. The van der Waals surface area contributed by atoms with Crippen molar-refractivity contribution in [1.29, 1.82) is 0 Å². The maximum absolute atomic E-state index is 4.56. The second-order valence-corrected chi connectivity index (χ2v) is 5.98. The van der Waals surface area contributed by atoms with Crippen LogP contribution in [0.1, 0.15) is 44.6 Å². The van der Waals surface area contributed by atoms with Crippen LogP contribution in [-0.4, -0.2) is 29.3 Å². The SMILES string of the molecule is CC1CCCC(C)N1CC(CS)c1ccccc1. The molecule has 0 radical (unpaired) electrons. The summed E-state index contributed by atoms with van der Waals surface area (Å²) in [5.74, 6) is 1.48. The van der Waals surface area contributed by atoms with E-state index in [1.165, 1.54) is 24.8 Å². The van der Waals surface area contributed by atoms with Gasteiger partial charge in [0.1, 0.15) is 0 Å². The Morgan fingerprint density at radius 2 is 1.78 bits per heavy atom. The Bertz CT molecular complexity index is 341. The summed E-state index contributed by atoms with van der Waals surface area (Å²) >= 11 is 4.56. The highest BCUT2D eigenvalue weighted by Gasteiger charge is 2.26.